The number of hydrogen-bond acceptors (Lipinski definition) is 3. The lowest BCUT2D eigenvalue weighted by molar-refractivity contribution is 0.626. The highest BCUT2D eigenvalue weighted by molar-refractivity contribution is 7.98. The molecule has 2 aromatic carbocycles. The van der Waals surface area contributed by atoms with E-state index >= 15 is 0 Å². The molecule has 0 aliphatic rings. The summed E-state index contributed by atoms with van der Waals surface area (Å²) in [6.07, 6.45) is 0. The van der Waals surface area contributed by atoms with Crippen LogP contribution in [0, 0.1) is 24.1 Å². The van der Waals surface area contributed by atoms with Crippen LogP contribution in [0.25, 0.3) is 0 Å². The molecule has 0 saturated carbocycles. The highest BCUT2D eigenvalue weighted by Crippen LogP contribution is 2.29. The largest absolute Gasteiger partial charge is 0.398 e. The van der Waals surface area contributed by atoms with Crippen molar-refractivity contribution in [2.75, 3.05) is 5.73 Å². The van der Waals surface area contributed by atoms with E-state index in [2.05, 4.69) is 0 Å². The number of nitrogens with two attached hydrogens (primary N) is 1. The maximum absolute atomic E-state index is 13.3. The fraction of sp³-hybridized carbons (Fsp3) is 0.133. The van der Waals surface area contributed by atoms with E-state index < -0.39 is 0 Å². The van der Waals surface area contributed by atoms with Crippen molar-refractivity contribution in [3.05, 3.63) is 58.9 Å². The number of hydrogen-bond donors (Lipinski definition) is 1. The number of halogens is 1. The van der Waals surface area contributed by atoms with Gasteiger partial charge in [-0.1, -0.05) is 6.07 Å². The molecule has 0 radical (unpaired) electrons. The van der Waals surface area contributed by atoms with E-state index in [1.165, 1.54) is 12.1 Å². The number of aryl methyl sites for hydroxylation is 1. The molecule has 0 atom stereocenters. The maximum atomic E-state index is 13.3. The predicted molar refractivity (Wildman–Crippen MR) is 76.3 cm³/mol. The van der Waals surface area contributed by atoms with Gasteiger partial charge in [-0.25, -0.2) is 4.39 Å². The number of nitrogen functional groups attached to an aromatic ring is 1. The van der Waals surface area contributed by atoms with E-state index in [1.807, 2.05) is 31.2 Å². The zero-order valence-electron chi connectivity index (χ0n) is 10.5. The molecule has 0 aromatic heterocycles. The van der Waals surface area contributed by atoms with Crippen LogP contribution in [-0.2, 0) is 5.75 Å². The fourth-order valence-corrected chi connectivity index (χ4v) is 2.72. The first-order valence-electron chi connectivity index (χ1n) is 5.77. The molecule has 0 aliphatic heterocycles. The summed E-state index contributed by atoms with van der Waals surface area (Å²) in [5.74, 6) is 0.201. The van der Waals surface area contributed by atoms with Crippen LogP contribution >= 0.6 is 11.8 Å². The molecule has 96 valence electrons. The maximum Gasteiger partial charge on any atom is 0.124 e. The van der Waals surface area contributed by atoms with Crippen molar-refractivity contribution in [3.8, 4) is 6.07 Å². The van der Waals surface area contributed by atoms with E-state index in [0.29, 0.717) is 17.0 Å². The zero-order chi connectivity index (χ0) is 13.8. The highest BCUT2D eigenvalue weighted by atomic mass is 32.2. The Hall–Kier alpha value is -1.99. The number of nitrogens with zero attached hydrogens (tertiary/aromatic N) is 1. The van der Waals surface area contributed by atoms with Gasteiger partial charge in [-0.2, -0.15) is 5.26 Å². The van der Waals surface area contributed by atoms with Gasteiger partial charge in [0.2, 0.25) is 0 Å². The molecule has 0 aliphatic carbocycles. The summed E-state index contributed by atoms with van der Waals surface area (Å²) in [5.41, 5.74) is 8.86. The van der Waals surface area contributed by atoms with Gasteiger partial charge in [-0.05, 0) is 48.4 Å². The molecule has 0 fully saturated rings. The molecular formula is C15H13FN2S. The predicted octanol–water partition coefficient (Wildman–Crippen LogP) is 3.88. The summed E-state index contributed by atoms with van der Waals surface area (Å²) >= 11 is 1.54. The van der Waals surface area contributed by atoms with Crippen molar-refractivity contribution in [1.82, 2.24) is 0 Å². The molecule has 0 saturated heterocycles. The standard InChI is InChI=1S/C15H13FN2S/c1-10-2-3-14(18)15(4-10)19-9-12-5-11(8-17)6-13(16)7-12/h2-7H,9,18H2,1H3. The van der Waals surface area contributed by atoms with Crippen molar-refractivity contribution < 1.29 is 4.39 Å². The Balaban J connectivity index is 2.17. The second-order valence-corrected chi connectivity index (χ2v) is 5.31. The van der Waals surface area contributed by atoms with Gasteiger partial charge in [-0.15, -0.1) is 11.8 Å². The molecular weight excluding hydrogens is 259 g/mol. The van der Waals surface area contributed by atoms with Crippen molar-refractivity contribution in [1.29, 1.82) is 5.26 Å². The summed E-state index contributed by atoms with van der Waals surface area (Å²) in [6, 6.07) is 12.1. The van der Waals surface area contributed by atoms with Crippen molar-refractivity contribution in [2.45, 2.75) is 17.6 Å². The fourth-order valence-electron chi connectivity index (χ4n) is 1.73. The van der Waals surface area contributed by atoms with E-state index in [9.17, 15) is 4.39 Å². The third-order valence-electron chi connectivity index (χ3n) is 2.65. The third-order valence-corrected chi connectivity index (χ3v) is 3.79. The minimum atomic E-state index is -0.383. The van der Waals surface area contributed by atoms with Crippen molar-refractivity contribution in [3.63, 3.8) is 0 Å². The highest BCUT2D eigenvalue weighted by Gasteiger charge is 2.04. The van der Waals surface area contributed by atoms with Gasteiger partial charge >= 0.3 is 0 Å². The third kappa shape index (κ3) is 3.49. The minimum Gasteiger partial charge on any atom is -0.398 e. The zero-order valence-corrected chi connectivity index (χ0v) is 11.3. The van der Waals surface area contributed by atoms with E-state index in [0.717, 1.165) is 16.0 Å². The molecule has 0 heterocycles. The van der Waals surface area contributed by atoms with Gasteiger partial charge in [0, 0.05) is 16.3 Å². The molecule has 0 amide bonds. The Morgan fingerprint density at radius 3 is 2.79 bits per heavy atom. The average molecular weight is 272 g/mol. The monoisotopic (exact) mass is 272 g/mol. The molecule has 2 N–H and O–H groups in total. The summed E-state index contributed by atoms with van der Waals surface area (Å²) in [4.78, 5) is 0.975. The van der Waals surface area contributed by atoms with Gasteiger partial charge < -0.3 is 5.73 Å². The van der Waals surface area contributed by atoms with Crippen LogP contribution in [0.2, 0.25) is 0 Å². The van der Waals surface area contributed by atoms with Crippen molar-refractivity contribution >= 4 is 17.4 Å². The quantitative estimate of drug-likeness (QED) is 0.681. The smallest absolute Gasteiger partial charge is 0.124 e. The van der Waals surface area contributed by atoms with Crippen LogP contribution in [0.5, 0.6) is 0 Å². The molecule has 2 nitrogen and oxygen atoms in total. The Bertz CT molecular complexity index is 647. The van der Waals surface area contributed by atoms with Crippen LogP contribution < -0.4 is 5.73 Å². The molecule has 2 aromatic rings. The van der Waals surface area contributed by atoms with Crippen LogP contribution in [0.15, 0.2) is 41.3 Å². The second kappa shape index (κ2) is 5.77. The first-order valence-corrected chi connectivity index (χ1v) is 6.75. The first-order chi connectivity index (χ1) is 9.08. The number of thioether (sulfide) groups is 1. The molecule has 0 bridgehead atoms. The lowest BCUT2D eigenvalue weighted by Crippen LogP contribution is -1.91. The van der Waals surface area contributed by atoms with E-state index in [4.69, 9.17) is 11.0 Å². The van der Waals surface area contributed by atoms with Gasteiger partial charge in [0.25, 0.3) is 0 Å². The first kappa shape index (κ1) is 13.4. The van der Waals surface area contributed by atoms with Crippen LogP contribution in [0.3, 0.4) is 0 Å². The molecule has 4 heteroatoms. The molecule has 2 rings (SSSR count). The van der Waals surface area contributed by atoms with Gasteiger partial charge in [-0.3, -0.25) is 0 Å². The van der Waals surface area contributed by atoms with Gasteiger partial charge in [0.05, 0.1) is 11.6 Å². The van der Waals surface area contributed by atoms with Crippen molar-refractivity contribution in [2.24, 2.45) is 0 Å². The van der Waals surface area contributed by atoms with Gasteiger partial charge in [0.1, 0.15) is 5.82 Å². The normalized spacial score (nSPS) is 10.2. The average Bonchev–Trinajstić information content (AvgIpc) is 2.39. The lowest BCUT2D eigenvalue weighted by atomic mass is 10.1. The number of nitriles is 1. The topological polar surface area (TPSA) is 49.8 Å². The lowest BCUT2D eigenvalue weighted by Gasteiger charge is -2.07. The molecule has 0 spiro atoms. The Labute approximate surface area is 116 Å². The summed E-state index contributed by atoms with van der Waals surface area (Å²) in [7, 11) is 0. The Morgan fingerprint density at radius 2 is 2.05 bits per heavy atom. The van der Waals surface area contributed by atoms with E-state index in [1.54, 1.807) is 17.8 Å². The van der Waals surface area contributed by atoms with Crippen LogP contribution in [0.1, 0.15) is 16.7 Å². The Kier molecular flexibility index (Phi) is 4.08. The molecule has 0 unspecified atom stereocenters. The summed E-state index contributed by atoms with van der Waals surface area (Å²) in [6.45, 7) is 2.00. The SMILES string of the molecule is Cc1ccc(N)c(SCc2cc(F)cc(C#N)c2)c1. The summed E-state index contributed by atoms with van der Waals surface area (Å²) in [5, 5.41) is 8.81. The van der Waals surface area contributed by atoms with E-state index in [-0.39, 0.29) is 5.82 Å². The number of anilines is 1. The second-order valence-electron chi connectivity index (χ2n) is 4.29. The summed E-state index contributed by atoms with van der Waals surface area (Å²) < 4.78 is 13.3. The van der Waals surface area contributed by atoms with Crippen LogP contribution in [0.4, 0.5) is 10.1 Å². The van der Waals surface area contributed by atoms with Gasteiger partial charge in [0.15, 0.2) is 0 Å². The molecule has 19 heavy (non-hydrogen) atoms. The number of rotatable bonds is 3. The van der Waals surface area contributed by atoms with Crippen LogP contribution in [-0.4, -0.2) is 0 Å². The Morgan fingerprint density at radius 1 is 1.26 bits per heavy atom. The minimum absolute atomic E-state index is 0.341. The number of benzene rings is 2.